The van der Waals surface area contributed by atoms with Gasteiger partial charge in [-0.3, -0.25) is 4.79 Å². The zero-order valence-electron chi connectivity index (χ0n) is 12.3. The van der Waals surface area contributed by atoms with E-state index in [-0.39, 0.29) is 24.3 Å². The van der Waals surface area contributed by atoms with E-state index in [0.717, 1.165) is 12.0 Å². The number of benzene rings is 1. The highest BCUT2D eigenvalue weighted by molar-refractivity contribution is 5.84. The fourth-order valence-electron chi connectivity index (χ4n) is 2.56. The highest BCUT2D eigenvalue weighted by Crippen LogP contribution is 2.29. The molecule has 21 heavy (non-hydrogen) atoms. The van der Waals surface area contributed by atoms with Gasteiger partial charge in [-0.25, -0.2) is 4.79 Å². The lowest BCUT2D eigenvalue weighted by atomic mass is 9.95. The SMILES string of the molecule is CC(C)[C@H](NC(=O)CC1OCCc2ccccc21)C(=O)O. The summed E-state index contributed by atoms with van der Waals surface area (Å²) in [5.41, 5.74) is 2.22. The first-order valence-electron chi connectivity index (χ1n) is 7.20. The summed E-state index contributed by atoms with van der Waals surface area (Å²) in [6.07, 6.45) is 0.697. The Kier molecular flexibility index (Phi) is 4.96. The van der Waals surface area contributed by atoms with Gasteiger partial charge in [-0.1, -0.05) is 38.1 Å². The maximum atomic E-state index is 12.1. The number of fused-ring (bicyclic) bond motifs is 1. The van der Waals surface area contributed by atoms with Crippen LogP contribution in [0, 0.1) is 5.92 Å². The van der Waals surface area contributed by atoms with E-state index in [4.69, 9.17) is 9.84 Å². The Hall–Kier alpha value is -1.88. The van der Waals surface area contributed by atoms with Gasteiger partial charge < -0.3 is 15.2 Å². The molecule has 1 aliphatic rings. The lowest BCUT2D eigenvalue weighted by Gasteiger charge is -2.26. The molecule has 1 aliphatic heterocycles. The highest BCUT2D eigenvalue weighted by Gasteiger charge is 2.27. The molecule has 1 aromatic carbocycles. The van der Waals surface area contributed by atoms with Gasteiger partial charge in [0.05, 0.1) is 19.1 Å². The predicted octanol–water partition coefficient (Wildman–Crippen LogP) is 1.92. The standard InChI is InChI=1S/C16H21NO4/c1-10(2)15(16(19)20)17-14(18)9-13-12-6-4-3-5-11(12)7-8-21-13/h3-6,10,13,15H,7-9H2,1-2H3,(H,17,18)(H,19,20)/t13?,15-/m0/s1. The van der Waals surface area contributed by atoms with Crippen LogP contribution in [-0.2, 0) is 20.7 Å². The van der Waals surface area contributed by atoms with Crippen molar-refractivity contribution in [3.05, 3.63) is 35.4 Å². The van der Waals surface area contributed by atoms with Crippen molar-refractivity contribution in [2.24, 2.45) is 5.92 Å². The third-order valence-electron chi connectivity index (χ3n) is 3.71. The quantitative estimate of drug-likeness (QED) is 0.869. The number of carbonyl (C=O) groups excluding carboxylic acids is 1. The molecule has 0 spiro atoms. The molecule has 5 nitrogen and oxygen atoms in total. The van der Waals surface area contributed by atoms with Crippen molar-refractivity contribution >= 4 is 11.9 Å². The Morgan fingerprint density at radius 3 is 2.76 bits per heavy atom. The second-order valence-electron chi connectivity index (χ2n) is 5.64. The van der Waals surface area contributed by atoms with Crippen LogP contribution >= 0.6 is 0 Å². The van der Waals surface area contributed by atoms with Crippen molar-refractivity contribution < 1.29 is 19.4 Å². The van der Waals surface area contributed by atoms with Crippen molar-refractivity contribution in [1.82, 2.24) is 5.32 Å². The lowest BCUT2D eigenvalue weighted by molar-refractivity contribution is -0.143. The van der Waals surface area contributed by atoms with Crippen LogP contribution in [0.2, 0.25) is 0 Å². The van der Waals surface area contributed by atoms with Gasteiger partial charge in [0.1, 0.15) is 6.04 Å². The van der Waals surface area contributed by atoms with Crippen molar-refractivity contribution in [2.45, 2.75) is 38.8 Å². The third kappa shape index (κ3) is 3.82. The fourth-order valence-corrected chi connectivity index (χ4v) is 2.56. The summed E-state index contributed by atoms with van der Waals surface area (Å²) in [6.45, 7) is 4.12. The molecule has 1 unspecified atom stereocenters. The van der Waals surface area contributed by atoms with Crippen LogP contribution in [0.15, 0.2) is 24.3 Å². The molecular weight excluding hydrogens is 270 g/mol. The van der Waals surface area contributed by atoms with E-state index in [1.54, 1.807) is 13.8 Å². The molecule has 0 fully saturated rings. The van der Waals surface area contributed by atoms with Gasteiger partial charge in [-0.15, -0.1) is 0 Å². The number of carboxylic acid groups (broad SMARTS) is 1. The second-order valence-corrected chi connectivity index (χ2v) is 5.64. The Balaban J connectivity index is 2.02. The number of amides is 1. The van der Waals surface area contributed by atoms with E-state index in [1.807, 2.05) is 24.3 Å². The molecule has 0 bridgehead atoms. The van der Waals surface area contributed by atoms with Gasteiger partial charge in [0.15, 0.2) is 0 Å². The molecule has 5 heteroatoms. The van der Waals surface area contributed by atoms with E-state index in [1.165, 1.54) is 5.56 Å². The maximum Gasteiger partial charge on any atom is 0.326 e. The summed E-state index contributed by atoms with van der Waals surface area (Å²) in [7, 11) is 0. The minimum Gasteiger partial charge on any atom is -0.480 e. The molecule has 1 heterocycles. The van der Waals surface area contributed by atoms with Crippen LogP contribution in [0.25, 0.3) is 0 Å². The van der Waals surface area contributed by atoms with E-state index in [9.17, 15) is 9.59 Å². The van der Waals surface area contributed by atoms with Gasteiger partial charge in [-0.2, -0.15) is 0 Å². The van der Waals surface area contributed by atoms with E-state index in [2.05, 4.69) is 5.32 Å². The van der Waals surface area contributed by atoms with Crippen molar-refractivity contribution in [2.75, 3.05) is 6.61 Å². The van der Waals surface area contributed by atoms with Crippen LogP contribution in [-0.4, -0.2) is 29.6 Å². The molecule has 114 valence electrons. The first kappa shape index (κ1) is 15.5. The van der Waals surface area contributed by atoms with Crippen molar-refractivity contribution in [3.8, 4) is 0 Å². The molecule has 0 radical (unpaired) electrons. The number of rotatable bonds is 5. The summed E-state index contributed by atoms with van der Waals surface area (Å²) >= 11 is 0. The highest BCUT2D eigenvalue weighted by atomic mass is 16.5. The maximum absolute atomic E-state index is 12.1. The number of ether oxygens (including phenoxy) is 1. The largest absolute Gasteiger partial charge is 0.480 e. The molecule has 1 aromatic rings. The predicted molar refractivity (Wildman–Crippen MR) is 77.9 cm³/mol. The number of carbonyl (C=O) groups is 2. The zero-order chi connectivity index (χ0) is 15.4. The molecule has 2 rings (SSSR count). The normalized spacial score (nSPS) is 18.9. The molecule has 0 aliphatic carbocycles. The van der Waals surface area contributed by atoms with Gasteiger partial charge >= 0.3 is 5.97 Å². The minimum atomic E-state index is -1.01. The number of hydrogen-bond donors (Lipinski definition) is 2. The van der Waals surface area contributed by atoms with E-state index < -0.39 is 12.0 Å². The summed E-state index contributed by atoms with van der Waals surface area (Å²) in [4.78, 5) is 23.2. The first-order valence-corrected chi connectivity index (χ1v) is 7.20. The molecule has 1 amide bonds. The van der Waals surface area contributed by atoms with Crippen LogP contribution in [0.1, 0.15) is 37.5 Å². The van der Waals surface area contributed by atoms with Crippen LogP contribution < -0.4 is 5.32 Å². The van der Waals surface area contributed by atoms with E-state index in [0.29, 0.717) is 6.61 Å². The van der Waals surface area contributed by atoms with Crippen molar-refractivity contribution in [3.63, 3.8) is 0 Å². The molecule has 2 atom stereocenters. The van der Waals surface area contributed by atoms with E-state index >= 15 is 0 Å². The molecule has 0 saturated heterocycles. The molecule has 0 saturated carbocycles. The number of hydrogen-bond acceptors (Lipinski definition) is 3. The smallest absolute Gasteiger partial charge is 0.326 e. The molecule has 2 N–H and O–H groups in total. The Morgan fingerprint density at radius 2 is 2.10 bits per heavy atom. The first-order chi connectivity index (χ1) is 9.99. The summed E-state index contributed by atoms with van der Waals surface area (Å²) in [6, 6.07) is 7.03. The second kappa shape index (κ2) is 6.72. The molecule has 0 aromatic heterocycles. The minimum absolute atomic E-state index is 0.146. The summed E-state index contributed by atoms with van der Waals surface area (Å²) < 4.78 is 5.67. The Labute approximate surface area is 124 Å². The monoisotopic (exact) mass is 291 g/mol. The average Bonchev–Trinajstić information content (AvgIpc) is 2.44. The fraction of sp³-hybridized carbons (Fsp3) is 0.500. The van der Waals surface area contributed by atoms with Crippen molar-refractivity contribution in [1.29, 1.82) is 0 Å². The number of nitrogens with one attached hydrogen (secondary N) is 1. The van der Waals surface area contributed by atoms with Crippen LogP contribution in [0.4, 0.5) is 0 Å². The third-order valence-corrected chi connectivity index (χ3v) is 3.71. The zero-order valence-corrected chi connectivity index (χ0v) is 12.3. The number of carboxylic acids is 1. The Morgan fingerprint density at radius 1 is 1.38 bits per heavy atom. The molecular formula is C16H21NO4. The average molecular weight is 291 g/mol. The Bertz CT molecular complexity index is 527. The topological polar surface area (TPSA) is 75.6 Å². The van der Waals surface area contributed by atoms with Gasteiger partial charge in [0.2, 0.25) is 5.91 Å². The van der Waals surface area contributed by atoms with Gasteiger partial charge in [-0.05, 0) is 23.5 Å². The summed E-state index contributed by atoms with van der Waals surface area (Å²) in [5.74, 6) is -1.47. The van der Waals surface area contributed by atoms with Gasteiger partial charge in [0.25, 0.3) is 0 Å². The van der Waals surface area contributed by atoms with Crippen LogP contribution in [0.5, 0.6) is 0 Å². The summed E-state index contributed by atoms with van der Waals surface area (Å²) in [5, 5.41) is 11.7. The van der Waals surface area contributed by atoms with Gasteiger partial charge in [0, 0.05) is 0 Å². The lowest BCUT2D eigenvalue weighted by Crippen LogP contribution is -2.44. The van der Waals surface area contributed by atoms with Crippen LogP contribution in [0.3, 0.4) is 0 Å². The number of aliphatic carboxylic acids is 1.